The van der Waals surface area contributed by atoms with Crippen molar-refractivity contribution < 1.29 is 9.53 Å². The molecule has 0 amide bonds. The maximum absolute atomic E-state index is 11.9. The zero-order chi connectivity index (χ0) is 11.5. The molecular formula is C13H17NO2. The first-order valence-corrected chi connectivity index (χ1v) is 5.60. The predicted octanol–water partition coefficient (Wildman–Crippen LogP) is 1.76. The molecule has 0 fully saturated rings. The van der Waals surface area contributed by atoms with Gasteiger partial charge in [-0.25, -0.2) is 0 Å². The molecule has 0 aromatic heterocycles. The number of benzene rings is 1. The molecule has 3 nitrogen and oxygen atoms in total. The number of rotatable bonds is 4. The summed E-state index contributed by atoms with van der Waals surface area (Å²) in [6.45, 7) is 1.54. The van der Waals surface area contributed by atoms with E-state index in [1.54, 1.807) is 0 Å². The molecular weight excluding hydrogens is 202 g/mol. The summed E-state index contributed by atoms with van der Waals surface area (Å²) in [4.78, 5) is 13.9. The normalized spacial score (nSPS) is 13.7. The van der Waals surface area contributed by atoms with E-state index in [0.29, 0.717) is 6.42 Å². The highest BCUT2D eigenvalue weighted by atomic mass is 16.5. The average molecular weight is 219 g/mol. The zero-order valence-corrected chi connectivity index (χ0v) is 9.82. The lowest BCUT2D eigenvalue weighted by Crippen LogP contribution is -2.16. The molecule has 1 heterocycles. The van der Waals surface area contributed by atoms with E-state index in [1.165, 1.54) is 0 Å². The first kappa shape index (κ1) is 11.1. The van der Waals surface area contributed by atoms with Crippen LogP contribution in [0.15, 0.2) is 18.2 Å². The molecule has 16 heavy (non-hydrogen) atoms. The standard InChI is InChI=1S/C13H17NO2/c1-14(2)7-5-12(15)10-3-4-13-11(9-10)6-8-16-13/h3-4,9H,5-8H2,1-2H3. The molecule has 0 bridgehead atoms. The van der Waals surface area contributed by atoms with Crippen molar-refractivity contribution in [3.05, 3.63) is 29.3 Å². The van der Waals surface area contributed by atoms with Crippen molar-refractivity contribution in [3.63, 3.8) is 0 Å². The van der Waals surface area contributed by atoms with E-state index in [4.69, 9.17) is 4.74 Å². The Kier molecular flexibility index (Phi) is 3.25. The fraction of sp³-hybridized carbons (Fsp3) is 0.462. The van der Waals surface area contributed by atoms with Crippen LogP contribution in [0.5, 0.6) is 5.75 Å². The SMILES string of the molecule is CN(C)CCC(=O)c1ccc2c(c1)CCO2. The van der Waals surface area contributed by atoms with E-state index in [-0.39, 0.29) is 5.78 Å². The molecule has 0 unspecified atom stereocenters. The number of nitrogens with zero attached hydrogens (tertiary/aromatic N) is 1. The summed E-state index contributed by atoms with van der Waals surface area (Å²) in [6, 6.07) is 5.74. The van der Waals surface area contributed by atoms with Crippen molar-refractivity contribution in [1.29, 1.82) is 0 Å². The Morgan fingerprint density at radius 1 is 1.44 bits per heavy atom. The lowest BCUT2D eigenvalue weighted by molar-refractivity contribution is 0.0972. The minimum Gasteiger partial charge on any atom is -0.493 e. The second kappa shape index (κ2) is 4.66. The number of carbonyl (C=O) groups is 1. The van der Waals surface area contributed by atoms with Crippen LogP contribution in [0, 0.1) is 0 Å². The van der Waals surface area contributed by atoms with Gasteiger partial charge in [0.2, 0.25) is 0 Å². The Hall–Kier alpha value is -1.35. The molecule has 3 heteroatoms. The van der Waals surface area contributed by atoms with Gasteiger partial charge >= 0.3 is 0 Å². The van der Waals surface area contributed by atoms with Gasteiger partial charge in [0.15, 0.2) is 5.78 Å². The molecule has 0 saturated heterocycles. The van der Waals surface area contributed by atoms with Crippen molar-refractivity contribution in [1.82, 2.24) is 4.90 Å². The third-order valence-electron chi connectivity index (χ3n) is 2.80. The summed E-state index contributed by atoms with van der Waals surface area (Å²) in [7, 11) is 3.95. The number of hydrogen-bond donors (Lipinski definition) is 0. The molecule has 0 N–H and O–H groups in total. The van der Waals surface area contributed by atoms with Crippen LogP contribution in [-0.2, 0) is 6.42 Å². The van der Waals surface area contributed by atoms with Gasteiger partial charge in [0.05, 0.1) is 6.61 Å². The minimum absolute atomic E-state index is 0.211. The topological polar surface area (TPSA) is 29.5 Å². The number of hydrogen-bond acceptors (Lipinski definition) is 3. The maximum atomic E-state index is 11.9. The first-order valence-electron chi connectivity index (χ1n) is 5.60. The number of Topliss-reactive ketones (excluding diaryl/α,β-unsaturated/α-hetero) is 1. The van der Waals surface area contributed by atoms with Gasteiger partial charge in [0.1, 0.15) is 5.75 Å². The van der Waals surface area contributed by atoms with Gasteiger partial charge in [-0.1, -0.05) is 0 Å². The highest BCUT2D eigenvalue weighted by molar-refractivity contribution is 5.96. The van der Waals surface area contributed by atoms with Gasteiger partial charge in [-0.2, -0.15) is 0 Å². The van der Waals surface area contributed by atoms with Crippen molar-refractivity contribution in [2.24, 2.45) is 0 Å². The molecule has 0 saturated carbocycles. The molecule has 0 radical (unpaired) electrons. The molecule has 2 rings (SSSR count). The molecule has 1 aromatic carbocycles. The Balaban J connectivity index is 2.06. The van der Waals surface area contributed by atoms with Crippen LogP contribution in [0.2, 0.25) is 0 Å². The average Bonchev–Trinajstić information content (AvgIpc) is 2.72. The van der Waals surface area contributed by atoms with E-state index in [0.717, 1.165) is 36.4 Å². The quantitative estimate of drug-likeness (QED) is 0.723. The molecule has 0 spiro atoms. The van der Waals surface area contributed by atoms with Gasteiger partial charge in [0.25, 0.3) is 0 Å². The maximum Gasteiger partial charge on any atom is 0.164 e. The molecule has 0 atom stereocenters. The van der Waals surface area contributed by atoms with Crippen molar-refractivity contribution in [2.45, 2.75) is 12.8 Å². The van der Waals surface area contributed by atoms with Crippen LogP contribution in [0.4, 0.5) is 0 Å². The first-order chi connectivity index (χ1) is 7.66. The van der Waals surface area contributed by atoms with E-state index in [1.807, 2.05) is 37.2 Å². The molecule has 86 valence electrons. The van der Waals surface area contributed by atoms with Crippen LogP contribution in [-0.4, -0.2) is 37.9 Å². The summed E-state index contributed by atoms with van der Waals surface area (Å²) in [5.74, 6) is 1.15. The fourth-order valence-electron chi connectivity index (χ4n) is 1.83. The summed E-state index contributed by atoms with van der Waals surface area (Å²) < 4.78 is 5.41. The van der Waals surface area contributed by atoms with Crippen molar-refractivity contribution >= 4 is 5.78 Å². The van der Waals surface area contributed by atoms with Crippen LogP contribution >= 0.6 is 0 Å². The third-order valence-corrected chi connectivity index (χ3v) is 2.80. The Morgan fingerprint density at radius 2 is 2.25 bits per heavy atom. The fourth-order valence-corrected chi connectivity index (χ4v) is 1.83. The lowest BCUT2D eigenvalue weighted by Gasteiger charge is -2.08. The van der Waals surface area contributed by atoms with E-state index >= 15 is 0 Å². The second-order valence-electron chi connectivity index (χ2n) is 4.40. The van der Waals surface area contributed by atoms with E-state index < -0.39 is 0 Å². The van der Waals surface area contributed by atoms with E-state index in [2.05, 4.69) is 0 Å². The highest BCUT2D eigenvalue weighted by Gasteiger charge is 2.14. The third kappa shape index (κ3) is 2.42. The number of ether oxygens (including phenoxy) is 1. The lowest BCUT2D eigenvalue weighted by atomic mass is 10.0. The number of ketones is 1. The largest absolute Gasteiger partial charge is 0.493 e. The molecule has 1 aromatic rings. The minimum atomic E-state index is 0.211. The van der Waals surface area contributed by atoms with Gasteiger partial charge in [-0.15, -0.1) is 0 Å². The zero-order valence-electron chi connectivity index (χ0n) is 9.82. The van der Waals surface area contributed by atoms with Gasteiger partial charge in [-0.05, 0) is 37.9 Å². The Bertz CT molecular complexity index is 399. The van der Waals surface area contributed by atoms with Crippen LogP contribution in [0.1, 0.15) is 22.3 Å². The molecule has 1 aliphatic rings. The smallest absolute Gasteiger partial charge is 0.164 e. The molecule has 0 aliphatic carbocycles. The summed E-state index contributed by atoms with van der Waals surface area (Å²) in [6.07, 6.45) is 1.50. The Morgan fingerprint density at radius 3 is 3.00 bits per heavy atom. The Labute approximate surface area is 96.0 Å². The van der Waals surface area contributed by atoms with Crippen LogP contribution in [0.3, 0.4) is 0 Å². The van der Waals surface area contributed by atoms with Gasteiger partial charge in [0, 0.05) is 24.9 Å². The van der Waals surface area contributed by atoms with Crippen LogP contribution < -0.4 is 4.74 Å². The van der Waals surface area contributed by atoms with Crippen LogP contribution in [0.25, 0.3) is 0 Å². The van der Waals surface area contributed by atoms with Gasteiger partial charge < -0.3 is 9.64 Å². The number of carbonyl (C=O) groups excluding carboxylic acids is 1. The summed E-state index contributed by atoms with van der Waals surface area (Å²) in [5, 5.41) is 0. The number of fused-ring (bicyclic) bond motifs is 1. The van der Waals surface area contributed by atoms with Gasteiger partial charge in [-0.3, -0.25) is 4.79 Å². The van der Waals surface area contributed by atoms with Crippen molar-refractivity contribution in [3.8, 4) is 5.75 Å². The summed E-state index contributed by atoms with van der Waals surface area (Å²) in [5.41, 5.74) is 1.97. The molecule has 1 aliphatic heterocycles. The van der Waals surface area contributed by atoms with E-state index in [9.17, 15) is 4.79 Å². The predicted molar refractivity (Wildman–Crippen MR) is 63.1 cm³/mol. The van der Waals surface area contributed by atoms with Crippen molar-refractivity contribution in [2.75, 3.05) is 27.2 Å². The monoisotopic (exact) mass is 219 g/mol. The summed E-state index contributed by atoms with van der Waals surface area (Å²) >= 11 is 0. The second-order valence-corrected chi connectivity index (χ2v) is 4.40. The highest BCUT2D eigenvalue weighted by Crippen LogP contribution is 2.26.